The number of sulfone groups is 1. The second-order valence-corrected chi connectivity index (χ2v) is 8.09. The van der Waals surface area contributed by atoms with Gasteiger partial charge in [-0.3, -0.25) is 4.79 Å². The number of anilines is 2. The molecule has 7 nitrogen and oxygen atoms in total. The summed E-state index contributed by atoms with van der Waals surface area (Å²) in [5.41, 5.74) is 1.20. The Balaban J connectivity index is 1.69. The zero-order valence-corrected chi connectivity index (χ0v) is 14.5. The summed E-state index contributed by atoms with van der Waals surface area (Å²) in [6.07, 6.45) is 1.98. The van der Waals surface area contributed by atoms with Crippen molar-refractivity contribution in [3.05, 3.63) is 48.2 Å². The third-order valence-corrected chi connectivity index (χ3v) is 5.70. The highest BCUT2D eigenvalue weighted by molar-refractivity contribution is 7.91. The minimum Gasteiger partial charge on any atom is -0.497 e. The van der Waals surface area contributed by atoms with Crippen LogP contribution >= 0.6 is 0 Å². The molecule has 1 aliphatic rings. The van der Waals surface area contributed by atoms with Crippen LogP contribution in [0.4, 0.5) is 11.5 Å². The van der Waals surface area contributed by atoms with E-state index in [0.29, 0.717) is 23.6 Å². The molecule has 1 aromatic heterocycles. The van der Waals surface area contributed by atoms with Crippen molar-refractivity contribution in [1.82, 2.24) is 10.3 Å². The van der Waals surface area contributed by atoms with Gasteiger partial charge in [-0.05, 0) is 30.7 Å². The van der Waals surface area contributed by atoms with Crippen LogP contribution in [-0.2, 0) is 9.84 Å². The quantitative estimate of drug-likeness (QED) is 0.842. The number of carbonyl (C=O) groups is 1. The van der Waals surface area contributed by atoms with Gasteiger partial charge in [-0.15, -0.1) is 0 Å². The van der Waals surface area contributed by atoms with Crippen LogP contribution < -0.4 is 15.4 Å². The lowest BCUT2D eigenvalue weighted by Gasteiger charge is -2.12. The van der Waals surface area contributed by atoms with E-state index in [4.69, 9.17) is 4.74 Å². The molecule has 3 rings (SSSR count). The number of methoxy groups -OCH3 is 1. The van der Waals surface area contributed by atoms with Gasteiger partial charge >= 0.3 is 0 Å². The summed E-state index contributed by atoms with van der Waals surface area (Å²) in [6.45, 7) is 0. The molecule has 1 aromatic carbocycles. The van der Waals surface area contributed by atoms with Crippen LogP contribution in [0, 0.1) is 0 Å². The van der Waals surface area contributed by atoms with Gasteiger partial charge in [-0.2, -0.15) is 0 Å². The van der Waals surface area contributed by atoms with Gasteiger partial charge in [-0.1, -0.05) is 6.07 Å². The summed E-state index contributed by atoms with van der Waals surface area (Å²) < 4.78 is 28.1. The number of rotatable bonds is 5. The summed E-state index contributed by atoms with van der Waals surface area (Å²) in [5, 5.41) is 5.88. The second kappa shape index (κ2) is 7.10. The Kier molecular flexibility index (Phi) is 4.89. The first kappa shape index (κ1) is 17.2. The largest absolute Gasteiger partial charge is 0.497 e. The van der Waals surface area contributed by atoms with Gasteiger partial charge in [0.1, 0.15) is 11.6 Å². The fraction of sp³-hybridized carbons (Fsp3) is 0.294. The minimum absolute atomic E-state index is 0.00125. The van der Waals surface area contributed by atoms with Gasteiger partial charge in [0.05, 0.1) is 18.6 Å². The standard InChI is InChI=1S/C17H19N3O4S/c1-24-15-4-2-3-13(10-15)19-16-9-12(5-7-18-16)17(21)20-14-6-8-25(22,23)11-14/h2-5,7,9-10,14H,6,8,11H2,1H3,(H,18,19)(H,20,21). The van der Waals surface area contributed by atoms with Crippen molar-refractivity contribution in [2.75, 3.05) is 23.9 Å². The molecule has 1 fully saturated rings. The van der Waals surface area contributed by atoms with Crippen molar-refractivity contribution in [1.29, 1.82) is 0 Å². The molecule has 0 spiro atoms. The summed E-state index contributed by atoms with van der Waals surface area (Å²) >= 11 is 0. The monoisotopic (exact) mass is 361 g/mol. The SMILES string of the molecule is COc1cccc(Nc2cc(C(=O)NC3CCS(=O)(=O)C3)ccn2)c1. The van der Waals surface area contributed by atoms with Gasteiger partial charge in [-0.25, -0.2) is 13.4 Å². The smallest absolute Gasteiger partial charge is 0.251 e. The van der Waals surface area contributed by atoms with Gasteiger partial charge in [0.2, 0.25) is 0 Å². The molecular formula is C17H19N3O4S. The second-order valence-electron chi connectivity index (χ2n) is 5.86. The first-order valence-corrected chi connectivity index (χ1v) is 9.66. The van der Waals surface area contributed by atoms with Crippen LogP contribution in [0.25, 0.3) is 0 Å². The Morgan fingerprint density at radius 2 is 2.12 bits per heavy atom. The van der Waals surface area contributed by atoms with E-state index in [0.717, 1.165) is 5.69 Å². The topological polar surface area (TPSA) is 97.4 Å². The fourth-order valence-electron chi connectivity index (χ4n) is 2.67. The number of aromatic nitrogens is 1. The molecule has 2 heterocycles. The Morgan fingerprint density at radius 3 is 2.84 bits per heavy atom. The average molecular weight is 361 g/mol. The lowest BCUT2D eigenvalue weighted by atomic mass is 10.2. The normalized spacial score (nSPS) is 18.5. The molecule has 8 heteroatoms. The van der Waals surface area contributed by atoms with Crippen LogP contribution in [0.5, 0.6) is 5.75 Å². The molecule has 1 aliphatic heterocycles. The van der Waals surface area contributed by atoms with E-state index >= 15 is 0 Å². The predicted octanol–water partition coefficient (Wildman–Crippen LogP) is 1.75. The zero-order valence-electron chi connectivity index (χ0n) is 13.7. The van der Waals surface area contributed by atoms with Crippen molar-refractivity contribution in [3.63, 3.8) is 0 Å². The Labute approximate surface area is 146 Å². The zero-order chi connectivity index (χ0) is 17.9. The van der Waals surface area contributed by atoms with Crippen LogP contribution in [0.2, 0.25) is 0 Å². The first-order chi connectivity index (χ1) is 11.9. The summed E-state index contributed by atoms with van der Waals surface area (Å²) in [6, 6.07) is 10.2. The number of amides is 1. The molecule has 0 aliphatic carbocycles. The Hall–Kier alpha value is -2.61. The van der Waals surface area contributed by atoms with Crippen LogP contribution in [0.15, 0.2) is 42.6 Å². The summed E-state index contributed by atoms with van der Waals surface area (Å²) in [4.78, 5) is 16.5. The number of hydrogen-bond donors (Lipinski definition) is 2. The van der Waals surface area contributed by atoms with E-state index in [2.05, 4.69) is 15.6 Å². The first-order valence-electron chi connectivity index (χ1n) is 7.83. The fourth-order valence-corrected chi connectivity index (χ4v) is 4.34. The van der Waals surface area contributed by atoms with Gasteiger partial charge < -0.3 is 15.4 Å². The Morgan fingerprint density at radius 1 is 1.28 bits per heavy atom. The van der Waals surface area contributed by atoms with Gasteiger partial charge in [0, 0.05) is 29.6 Å². The molecule has 2 N–H and O–H groups in total. The van der Waals surface area contributed by atoms with Crippen molar-refractivity contribution >= 4 is 27.2 Å². The molecule has 1 unspecified atom stereocenters. The lowest BCUT2D eigenvalue weighted by Crippen LogP contribution is -2.35. The molecule has 1 atom stereocenters. The molecule has 132 valence electrons. The number of carbonyl (C=O) groups excluding carboxylic acids is 1. The number of nitrogens with zero attached hydrogens (tertiary/aromatic N) is 1. The molecule has 0 saturated carbocycles. The van der Waals surface area contributed by atoms with E-state index in [1.54, 1.807) is 19.2 Å². The van der Waals surface area contributed by atoms with Gasteiger partial charge in [0.25, 0.3) is 5.91 Å². The third kappa shape index (κ3) is 4.48. The molecule has 2 aromatic rings. The molecule has 1 saturated heterocycles. The average Bonchev–Trinajstić information content (AvgIpc) is 2.94. The van der Waals surface area contributed by atoms with Crippen molar-refractivity contribution in [2.45, 2.75) is 12.5 Å². The number of benzene rings is 1. The minimum atomic E-state index is -3.03. The highest BCUT2D eigenvalue weighted by atomic mass is 32.2. The number of nitrogens with one attached hydrogen (secondary N) is 2. The maximum absolute atomic E-state index is 12.3. The van der Waals surface area contributed by atoms with Crippen molar-refractivity contribution < 1.29 is 17.9 Å². The number of ether oxygens (including phenoxy) is 1. The number of pyridine rings is 1. The number of hydrogen-bond acceptors (Lipinski definition) is 6. The van der Waals surface area contributed by atoms with E-state index in [1.165, 1.54) is 6.20 Å². The van der Waals surface area contributed by atoms with E-state index in [9.17, 15) is 13.2 Å². The van der Waals surface area contributed by atoms with Crippen LogP contribution in [-0.4, -0.2) is 44.0 Å². The van der Waals surface area contributed by atoms with Crippen molar-refractivity contribution in [2.24, 2.45) is 0 Å². The van der Waals surface area contributed by atoms with E-state index in [1.807, 2.05) is 24.3 Å². The highest BCUT2D eigenvalue weighted by Crippen LogP contribution is 2.21. The highest BCUT2D eigenvalue weighted by Gasteiger charge is 2.29. The van der Waals surface area contributed by atoms with E-state index < -0.39 is 9.84 Å². The predicted molar refractivity (Wildman–Crippen MR) is 95.0 cm³/mol. The summed E-state index contributed by atoms with van der Waals surface area (Å²) in [7, 11) is -1.44. The van der Waals surface area contributed by atoms with Crippen LogP contribution in [0.3, 0.4) is 0 Å². The Bertz CT molecular complexity index is 883. The van der Waals surface area contributed by atoms with E-state index in [-0.39, 0.29) is 23.5 Å². The molecular weight excluding hydrogens is 342 g/mol. The summed E-state index contributed by atoms with van der Waals surface area (Å²) in [5.74, 6) is 1.04. The maximum atomic E-state index is 12.3. The lowest BCUT2D eigenvalue weighted by molar-refractivity contribution is 0.0941. The van der Waals surface area contributed by atoms with Crippen LogP contribution in [0.1, 0.15) is 16.8 Å². The third-order valence-electron chi connectivity index (χ3n) is 3.93. The molecule has 0 radical (unpaired) electrons. The van der Waals surface area contributed by atoms with Gasteiger partial charge in [0.15, 0.2) is 9.84 Å². The van der Waals surface area contributed by atoms with Crippen molar-refractivity contribution in [3.8, 4) is 5.75 Å². The maximum Gasteiger partial charge on any atom is 0.251 e. The molecule has 25 heavy (non-hydrogen) atoms. The molecule has 1 amide bonds. The molecule has 0 bridgehead atoms.